The van der Waals surface area contributed by atoms with Gasteiger partial charge >= 0.3 is 0 Å². The van der Waals surface area contributed by atoms with E-state index in [2.05, 4.69) is 34.3 Å². The first-order chi connectivity index (χ1) is 13.5. The van der Waals surface area contributed by atoms with Crippen molar-refractivity contribution in [2.45, 2.75) is 33.7 Å². The van der Waals surface area contributed by atoms with Crippen molar-refractivity contribution in [1.82, 2.24) is 9.97 Å². The van der Waals surface area contributed by atoms with Crippen LogP contribution in [0.25, 0.3) is 0 Å². The molecule has 2 aromatic carbocycles. The van der Waals surface area contributed by atoms with Gasteiger partial charge in [0, 0.05) is 25.3 Å². The Morgan fingerprint density at radius 1 is 1.04 bits per heavy atom. The van der Waals surface area contributed by atoms with Gasteiger partial charge in [0.2, 0.25) is 0 Å². The van der Waals surface area contributed by atoms with E-state index in [1.54, 1.807) is 6.07 Å². The van der Waals surface area contributed by atoms with Crippen LogP contribution in [0.5, 0.6) is 0 Å². The highest BCUT2D eigenvalue weighted by Crippen LogP contribution is 2.22. The van der Waals surface area contributed by atoms with Gasteiger partial charge in [-0.1, -0.05) is 55.5 Å². The minimum Gasteiger partial charge on any atom is -0.355 e. The molecule has 0 aliphatic rings. The van der Waals surface area contributed by atoms with E-state index in [4.69, 9.17) is 0 Å². The van der Waals surface area contributed by atoms with Crippen LogP contribution in [0.3, 0.4) is 0 Å². The second-order valence-electron chi connectivity index (χ2n) is 6.92. The van der Waals surface area contributed by atoms with Crippen LogP contribution in [0.2, 0.25) is 0 Å². The summed E-state index contributed by atoms with van der Waals surface area (Å²) in [5.41, 5.74) is 4.57. The molecule has 0 saturated heterocycles. The molecule has 144 valence electrons. The summed E-state index contributed by atoms with van der Waals surface area (Å²) in [5.74, 6) is 1.08. The molecule has 0 atom stereocenters. The second kappa shape index (κ2) is 8.65. The maximum Gasteiger partial charge on any atom is 0.274 e. The van der Waals surface area contributed by atoms with Crippen LogP contribution in [-0.2, 0) is 13.0 Å². The van der Waals surface area contributed by atoms with Crippen molar-refractivity contribution in [2.75, 3.05) is 17.3 Å². The van der Waals surface area contributed by atoms with Crippen molar-refractivity contribution in [1.29, 1.82) is 0 Å². The van der Waals surface area contributed by atoms with Crippen LogP contribution >= 0.6 is 0 Å². The standard InChI is InChI=1S/C23H26N4O/c1-5-19-13-9-10-16(2)22(19)26-23(28)20-14-21(25-17(3)24-20)27(4)15-18-11-7-6-8-12-18/h6-14H,5,15H2,1-4H3,(H,26,28). The number of nitrogens with one attached hydrogen (secondary N) is 1. The van der Waals surface area contributed by atoms with Gasteiger partial charge in [0.05, 0.1) is 0 Å². The van der Waals surface area contributed by atoms with E-state index < -0.39 is 0 Å². The Labute approximate surface area is 166 Å². The third-order valence-electron chi connectivity index (χ3n) is 4.69. The summed E-state index contributed by atoms with van der Waals surface area (Å²) >= 11 is 0. The number of aryl methyl sites for hydroxylation is 3. The summed E-state index contributed by atoms with van der Waals surface area (Å²) in [5, 5.41) is 3.04. The predicted octanol–water partition coefficient (Wildman–Crippen LogP) is 4.54. The minimum absolute atomic E-state index is 0.219. The van der Waals surface area contributed by atoms with Crippen molar-refractivity contribution in [3.05, 3.63) is 82.8 Å². The number of hydrogen-bond donors (Lipinski definition) is 1. The zero-order valence-corrected chi connectivity index (χ0v) is 16.9. The summed E-state index contributed by atoms with van der Waals surface area (Å²) < 4.78 is 0. The fourth-order valence-electron chi connectivity index (χ4n) is 3.18. The van der Waals surface area contributed by atoms with Gasteiger partial charge in [-0.15, -0.1) is 0 Å². The molecule has 0 bridgehead atoms. The summed E-state index contributed by atoms with van der Waals surface area (Å²) in [6.07, 6.45) is 0.852. The van der Waals surface area contributed by atoms with Gasteiger partial charge in [0.15, 0.2) is 0 Å². The zero-order chi connectivity index (χ0) is 20.1. The molecule has 0 fully saturated rings. The van der Waals surface area contributed by atoms with Crippen LogP contribution in [0.4, 0.5) is 11.5 Å². The van der Waals surface area contributed by atoms with Gasteiger partial charge in [-0.05, 0) is 37.0 Å². The zero-order valence-electron chi connectivity index (χ0n) is 16.9. The predicted molar refractivity (Wildman–Crippen MR) is 114 cm³/mol. The Kier molecular flexibility index (Phi) is 6.04. The molecular formula is C23H26N4O. The van der Waals surface area contributed by atoms with Crippen LogP contribution in [0.15, 0.2) is 54.6 Å². The van der Waals surface area contributed by atoms with E-state index in [-0.39, 0.29) is 5.91 Å². The number of benzene rings is 2. The van der Waals surface area contributed by atoms with E-state index in [1.165, 1.54) is 5.56 Å². The molecule has 0 spiro atoms. The SMILES string of the molecule is CCc1cccc(C)c1NC(=O)c1cc(N(C)Cc2ccccc2)nc(C)n1. The lowest BCUT2D eigenvalue weighted by Crippen LogP contribution is -2.21. The number of anilines is 2. The van der Waals surface area contributed by atoms with Crippen molar-refractivity contribution in [2.24, 2.45) is 0 Å². The highest BCUT2D eigenvalue weighted by molar-refractivity contribution is 6.04. The maximum atomic E-state index is 12.9. The third kappa shape index (κ3) is 4.55. The molecule has 1 heterocycles. The molecule has 3 rings (SSSR count). The van der Waals surface area contributed by atoms with Gasteiger partial charge in [0.1, 0.15) is 17.3 Å². The van der Waals surface area contributed by atoms with E-state index in [9.17, 15) is 4.79 Å². The Morgan fingerprint density at radius 3 is 2.50 bits per heavy atom. The molecule has 0 unspecified atom stereocenters. The number of carbonyl (C=O) groups excluding carboxylic acids is 1. The van der Waals surface area contributed by atoms with E-state index in [0.717, 1.165) is 29.1 Å². The number of nitrogens with zero attached hydrogens (tertiary/aromatic N) is 3. The molecule has 5 nitrogen and oxygen atoms in total. The van der Waals surface area contributed by atoms with Gasteiger partial charge in [-0.3, -0.25) is 4.79 Å². The Bertz CT molecular complexity index is 970. The summed E-state index contributed by atoms with van der Waals surface area (Å²) in [6, 6.07) is 18.0. The van der Waals surface area contributed by atoms with Crippen LogP contribution in [0.1, 0.15) is 39.9 Å². The molecule has 28 heavy (non-hydrogen) atoms. The first kappa shape index (κ1) is 19.5. The lowest BCUT2D eigenvalue weighted by molar-refractivity contribution is 0.102. The molecule has 0 aliphatic heterocycles. The molecular weight excluding hydrogens is 348 g/mol. The van der Waals surface area contributed by atoms with Crippen LogP contribution < -0.4 is 10.2 Å². The van der Waals surface area contributed by atoms with Crippen molar-refractivity contribution in [3.8, 4) is 0 Å². The molecule has 3 aromatic rings. The average Bonchev–Trinajstić information content (AvgIpc) is 2.69. The number of aromatic nitrogens is 2. The Hall–Kier alpha value is -3.21. The maximum absolute atomic E-state index is 12.9. The number of hydrogen-bond acceptors (Lipinski definition) is 4. The third-order valence-corrected chi connectivity index (χ3v) is 4.69. The smallest absolute Gasteiger partial charge is 0.274 e. The average molecular weight is 374 g/mol. The molecule has 5 heteroatoms. The molecule has 0 radical (unpaired) electrons. The van der Waals surface area contributed by atoms with E-state index in [1.807, 2.05) is 62.2 Å². The Balaban J connectivity index is 1.84. The van der Waals surface area contributed by atoms with Crippen LogP contribution in [-0.4, -0.2) is 22.9 Å². The molecule has 0 saturated carbocycles. The number of rotatable bonds is 6. The largest absolute Gasteiger partial charge is 0.355 e. The minimum atomic E-state index is -0.219. The van der Waals surface area contributed by atoms with E-state index in [0.29, 0.717) is 18.1 Å². The number of para-hydroxylation sites is 1. The number of carbonyl (C=O) groups is 1. The normalized spacial score (nSPS) is 10.6. The van der Waals surface area contributed by atoms with Gasteiger partial charge < -0.3 is 10.2 Å². The Morgan fingerprint density at radius 2 is 1.79 bits per heavy atom. The van der Waals surface area contributed by atoms with Gasteiger partial charge in [-0.2, -0.15) is 0 Å². The quantitative estimate of drug-likeness (QED) is 0.688. The van der Waals surface area contributed by atoms with Crippen LogP contribution in [0, 0.1) is 13.8 Å². The topological polar surface area (TPSA) is 58.1 Å². The van der Waals surface area contributed by atoms with Gasteiger partial charge in [-0.25, -0.2) is 9.97 Å². The van der Waals surface area contributed by atoms with E-state index >= 15 is 0 Å². The monoisotopic (exact) mass is 374 g/mol. The fraction of sp³-hybridized carbons (Fsp3) is 0.261. The molecule has 1 N–H and O–H groups in total. The first-order valence-corrected chi connectivity index (χ1v) is 9.48. The summed E-state index contributed by atoms with van der Waals surface area (Å²) in [6.45, 7) is 6.59. The molecule has 1 amide bonds. The van der Waals surface area contributed by atoms with Gasteiger partial charge in [0.25, 0.3) is 5.91 Å². The number of amides is 1. The highest BCUT2D eigenvalue weighted by Gasteiger charge is 2.15. The van der Waals surface area contributed by atoms with Crippen molar-refractivity contribution < 1.29 is 4.79 Å². The van der Waals surface area contributed by atoms with Crippen molar-refractivity contribution >= 4 is 17.4 Å². The van der Waals surface area contributed by atoms with Crippen molar-refractivity contribution in [3.63, 3.8) is 0 Å². The highest BCUT2D eigenvalue weighted by atomic mass is 16.1. The molecule has 0 aliphatic carbocycles. The lowest BCUT2D eigenvalue weighted by Gasteiger charge is -2.19. The summed E-state index contributed by atoms with van der Waals surface area (Å²) in [7, 11) is 1.97. The summed E-state index contributed by atoms with van der Waals surface area (Å²) in [4.78, 5) is 23.8. The second-order valence-corrected chi connectivity index (χ2v) is 6.92. The molecule has 1 aromatic heterocycles. The fourth-order valence-corrected chi connectivity index (χ4v) is 3.18. The lowest BCUT2D eigenvalue weighted by atomic mass is 10.1. The first-order valence-electron chi connectivity index (χ1n) is 9.48.